The molecule has 0 spiro atoms. The topological polar surface area (TPSA) is 60.2 Å². The lowest BCUT2D eigenvalue weighted by Gasteiger charge is -2.39. The van der Waals surface area contributed by atoms with Gasteiger partial charge < -0.3 is 5.73 Å². The van der Waals surface area contributed by atoms with Crippen molar-refractivity contribution >= 4 is 9.84 Å². The molecule has 1 fully saturated rings. The van der Waals surface area contributed by atoms with E-state index >= 15 is 0 Å². The van der Waals surface area contributed by atoms with E-state index in [2.05, 4.69) is 6.92 Å². The summed E-state index contributed by atoms with van der Waals surface area (Å²) in [6.07, 6.45) is 8.77. The highest BCUT2D eigenvalue weighted by Crippen LogP contribution is 2.42. The second-order valence-corrected chi connectivity index (χ2v) is 8.64. The Kier molecular flexibility index (Phi) is 6.81. The van der Waals surface area contributed by atoms with Gasteiger partial charge in [-0.15, -0.1) is 0 Å². The molecule has 1 saturated carbocycles. The van der Waals surface area contributed by atoms with Crippen molar-refractivity contribution in [2.75, 3.05) is 18.1 Å². The summed E-state index contributed by atoms with van der Waals surface area (Å²) in [5.41, 5.74) is 6.07. The molecule has 0 aromatic heterocycles. The molecule has 0 aromatic carbocycles. The first-order chi connectivity index (χ1) is 8.97. The van der Waals surface area contributed by atoms with Gasteiger partial charge in [-0.1, -0.05) is 26.7 Å². The van der Waals surface area contributed by atoms with Crippen molar-refractivity contribution in [1.29, 1.82) is 0 Å². The molecular formula is C15H31NO2S. The fourth-order valence-corrected chi connectivity index (χ4v) is 4.90. The first kappa shape index (κ1) is 17.0. The molecule has 0 heterocycles. The van der Waals surface area contributed by atoms with Crippen LogP contribution in [-0.4, -0.2) is 26.5 Å². The molecule has 0 saturated heterocycles. The summed E-state index contributed by atoms with van der Waals surface area (Å²) in [4.78, 5) is 0. The van der Waals surface area contributed by atoms with Crippen molar-refractivity contribution in [3.05, 3.63) is 0 Å². The third-order valence-electron chi connectivity index (χ3n) is 4.75. The number of hydrogen-bond acceptors (Lipinski definition) is 3. The lowest BCUT2D eigenvalue weighted by atomic mass is 9.68. The van der Waals surface area contributed by atoms with Crippen molar-refractivity contribution in [1.82, 2.24) is 0 Å². The van der Waals surface area contributed by atoms with Crippen molar-refractivity contribution in [3.63, 3.8) is 0 Å². The molecule has 0 unspecified atom stereocenters. The minimum absolute atomic E-state index is 0.102. The SMILES string of the molecule is CCCC1CCC(CN)(CCS(=O)(=O)CCC)CC1. The van der Waals surface area contributed by atoms with Gasteiger partial charge in [0.1, 0.15) is 9.84 Å². The second kappa shape index (κ2) is 7.63. The minimum atomic E-state index is -2.86. The van der Waals surface area contributed by atoms with Crippen LogP contribution in [0.5, 0.6) is 0 Å². The molecule has 0 atom stereocenters. The van der Waals surface area contributed by atoms with Gasteiger partial charge in [0.2, 0.25) is 0 Å². The van der Waals surface area contributed by atoms with E-state index in [0.717, 1.165) is 31.6 Å². The van der Waals surface area contributed by atoms with Gasteiger partial charge in [-0.05, 0) is 56.4 Å². The molecule has 2 N–H and O–H groups in total. The van der Waals surface area contributed by atoms with Crippen molar-refractivity contribution in [2.45, 2.75) is 65.2 Å². The molecule has 3 nitrogen and oxygen atoms in total. The van der Waals surface area contributed by atoms with Crippen LogP contribution in [0.15, 0.2) is 0 Å². The van der Waals surface area contributed by atoms with Gasteiger partial charge in [-0.3, -0.25) is 0 Å². The summed E-state index contributed by atoms with van der Waals surface area (Å²) in [6, 6.07) is 0. The quantitative estimate of drug-likeness (QED) is 0.746. The molecule has 4 heteroatoms. The molecule has 0 aromatic rings. The zero-order valence-electron chi connectivity index (χ0n) is 12.7. The monoisotopic (exact) mass is 289 g/mol. The number of rotatable bonds is 8. The van der Waals surface area contributed by atoms with Gasteiger partial charge in [0.25, 0.3) is 0 Å². The first-order valence-corrected chi connectivity index (χ1v) is 9.69. The second-order valence-electron chi connectivity index (χ2n) is 6.34. The Morgan fingerprint density at radius 3 is 2.21 bits per heavy atom. The van der Waals surface area contributed by atoms with Gasteiger partial charge in [-0.2, -0.15) is 0 Å². The summed E-state index contributed by atoms with van der Waals surface area (Å²) in [7, 11) is -2.86. The molecular weight excluding hydrogens is 258 g/mol. The molecule has 0 aliphatic heterocycles. The largest absolute Gasteiger partial charge is 0.330 e. The highest BCUT2D eigenvalue weighted by atomic mass is 32.2. The summed E-state index contributed by atoms with van der Waals surface area (Å²) in [6.45, 7) is 4.81. The van der Waals surface area contributed by atoms with E-state index < -0.39 is 9.84 Å². The van der Waals surface area contributed by atoms with Gasteiger partial charge >= 0.3 is 0 Å². The Labute approximate surface area is 119 Å². The maximum Gasteiger partial charge on any atom is 0.150 e. The smallest absolute Gasteiger partial charge is 0.150 e. The Morgan fingerprint density at radius 1 is 1.11 bits per heavy atom. The Bertz CT molecular complexity index is 343. The fraction of sp³-hybridized carbons (Fsp3) is 1.00. The lowest BCUT2D eigenvalue weighted by molar-refractivity contribution is 0.146. The van der Waals surface area contributed by atoms with Crippen LogP contribution in [0.1, 0.15) is 65.2 Å². The van der Waals surface area contributed by atoms with Crippen LogP contribution < -0.4 is 5.73 Å². The average Bonchev–Trinajstić information content (AvgIpc) is 2.39. The van der Waals surface area contributed by atoms with Gasteiger partial charge in [0.05, 0.1) is 5.75 Å². The zero-order valence-corrected chi connectivity index (χ0v) is 13.5. The fourth-order valence-electron chi connectivity index (χ4n) is 3.33. The highest BCUT2D eigenvalue weighted by molar-refractivity contribution is 7.91. The minimum Gasteiger partial charge on any atom is -0.330 e. The van der Waals surface area contributed by atoms with E-state index in [9.17, 15) is 8.42 Å². The maximum absolute atomic E-state index is 11.9. The number of nitrogens with two attached hydrogens (primary N) is 1. The molecule has 0 radical (unpaired) electrons. The van der Waals surface area contributed by atoms with Crippen molar-refractivity contribution in [2.24, 2.45) is 17.1 Å². The molecule has 114 valence electrons. The van der Waals surface area contributed by atoms with Crippen LogP contribution in [0.3, 0.4) is 0 Å². The maximum atomic E-state index is 11.9. The van der Waals surface area contributed by atoms with Crippen molar-refractivity contribution < 1.29 is 8.42 Å². The summed E-state index contributed by atoms with van der Waals surface area (Å²) in [5.74, 6) is 1.50. The Hall–Kier alpha value is -0.0900. The molecule has 1 rings (SSSR count). The standard InChI is InChI=1S/C15H31NO2S/c1-3-5-14-6-8-15(13-16,9-7-14)10-12-19(17,18)11-4-2/h14H,3-13,16H2,1-2H3. The molecule has 1 aliphatic carbocycles. The summed E-state index contributed by atoms with van der Waals surface area (Å²) < 4.78 is 23.7. The van der Waals surface area contributed by atoms with E-state index in [-0.39, 0.29) is 5.41 Å². The number of hydrogen-bond donors (Lipinski definition) is 1. The predicted molar refractivity (Wildman–Crippen MR) is 81.9 cm³/mol. The first-order valence-electron chi connectivity index (χ1n) is 7.87. The summed E-state index contributed by atoms with van der Waals surface area (Å²) >= 11 is 0. The van der Waals surface area contributed by atoms with E-state index in [0.29, 0.717) is 18.1 Å². The lowest BCUT2D eigenvalue weighted by Crippen LogP contribution is -2.36. The predicted octanol–water partition coefficient (Wildman–Crippen LogP) is 3.14. The third kappa shape index (κ3) is 5.42. The zero-order chi connectivity index (χ0) is 14.4. The van der Waals surface area contributed by atoms with Crippen LogP contribution in [0.25, 0.3) is 0 Å². The molecule has 0 amide bonds. The Balaban J connectivity index is 2.50. The average molecular weight is 289 g/mol. The van der Waals surface area contributed by atoms with Crippen molar-refractivity contribution in [3.8, 4) is 0 Å². The van der Waals surface area contributed by atoms with Crippen LogP contribution >= 0.6 is 0 Å². The number of sulfone groups is 1. The Morgan fingerprint density at radius 2 is 1.74 bits per heavy atom. The van der Waals surface area contributed by atoms with Gasteiger partial charge in [0, 0.05) is 5.75 Å². The van der Waals surface area contributed by atoms with E-state index in [1.54, 1.807) is 0 Å². The highest BCUT2D eigenvalue weighted by Gasteiger charge is 2.34. The molecule has 1 aliphatic rings. The van der Waals surface area contributed by atoms with E-state index in [4.69, 9.17) is 5.73 Å². The third-order valence-corrected chi connectivity index (χ3v) is 6.61. The van der Waals surface area contributed by atoms with E-state index in [1.807, 2.05) is 6.92 Å². The van der Waals surface area contributed by atoms with Crippen LogP contribution in [0.2, 0.25) is 0 Å². The van der Waals surface area contributed by atoms with Crippen LogP contribution in [0, 0.1) is 11.3 Å². The van der Waals surface area contributed by atoms with Gasteiger partial charge in [-0.25, -0.2) is 8.42 Å². The van der Waals surface area contributed by atoms with E-state index in [1.165, 1.54) is 25.7 Å². The molecule has 19 heavy (non-hydrogen) atoms. The van der Waals surface area contributed by atoms with Gasteiger partial charge in [0.15, 0.2) is 0 Å². The van der Waals surface area contributed by atoms with Crippen LogP contribution in [0.4, 0.5) is 0 Å². The normalized spacial score (nSPS) is 28.5. The molecule has 0 bridgehead atoms. The van der Waals surface area contributed by atoms with Crippen LogP contribution in [-0.2, 0) is 9.84 Å². The summed E-state index contributed by atoms with van der Waals surface area (Å²) in [5, 5.41) is 0.